The van der Waals surface area contributed by atoms with Gasteiger partial charge in [-0.3, -0.25) is 4.79 Å². The Morgan fingerprint density at radius 2 is 1.52 bits per heavy atom. The first-order chi connectivity index (χ1) is 11.8. The summed E-state index contributed by atoms with van der Waals surface area (Å²) < 4.78 is 5.82. The number of aliphatic hydroxyl groups is 1. The van der Waals surface area contributed by atoms with Crippen molar-refractivity contribution in [1.82, 2.24) is 0 Å². The molecule has 0 amide bonds. The van der Waals surface area contributed by atoms with Crippen LogP contribution in [0.15, 0.2) is 60.4 Å². The van der Waals surface area contributed by atoms with Crippen molar-refractivity contribution in [2.24, 2.45) is 0 Å². The number of ketones is 1. The molecule has 2 rings (SSSR count). The van der Waals surface area contributed by atoms with Crippen LogP contribution >= 0.6 is 0 Å². The lowest BCUT2D eigenvalue weighted by Crippen LogP contribution is -2.37. The van der Waals surface area contributed by atoms with E-state index in [1.54, 1.807) is 19.9 Å². The molecule has 0 aliphatic heterocycles. The Bertz CT molecular complexity index is 738. The van der Waals surface area contributed by atoms with Gasteiger partial charge < -0.3 is 9.84 Å². The van der Waals surface area contributed by atoms with Gasteiger partial charge in [-0.2, -0.15) is 0 Å². The van der Waals surface area contributed by atoms with Crippen LogP contribution < -0.4 is 4.74 Å². The molecule has 0 saturated carbocycles. The van der Waals surface area contributed by atoms with Crippen LogP contribution in [0.2, 0.25) is 0 Å². The molecule has 25 heavy (non-hydrogen) atoms. The third kappa shape index (κ3) is 5.79. The average molecular weight is 338 g/mol. The average Bonchev–Trinajstić information content (AvgIpc) is 2.56. The fourth-order valence-electron chi connectivity index (χ4n) is 2.40. The van der Waals surface area contributed by atoms with E-state index in [2.05, 4.69) is 0 Å². The fraction of sp³-hybridized carbons (Fsp3) is 0.318. The van der Waals surface area contributed by atoms with Gasteiger partial charge in [0.1, 0.15) is 5.75 Å². The summed E-state index contributed by atoms with van der Waals surface area (Å²) in [6.07, 6.45) is 2.13. The number of benzene rings is 2. The lowest BCUT2D eigenvalue weighted by atomic mass is 9.99. The van der Waals surface area contributed by atoms with E-state index < -0.39 is 5.60 Å². The smallest absolute Gasteiger partial charge is 0.179 e. The predicted molar refractivity (Wildman–Crippen MR) is 101 cm³/mol. The summed E-state index contributed by atoms with van der Waals surface area (Å²) in [5.41, 5.74) is 2.38. The number of aryl methyl sites for hydroxylation is 2. The molecule has 0 aliphatic carbocycles. The van der Waals surface area contributed by atoms with Crippen molar-refractivity contribution < 1.29 is 14.6 Å². The van der Waals surface area contributed by atoms with E-state index in [1.165, 1.54) is 5.56 Å². The highest BCUT2D eigenvalue weighted by Crippen LogP contribution is 2.21. The van der Waals surface area contributed by atoms with Gasteiger partial charge in [0.15, 0.2) is 11.4 Å². The zero-order valence-corrected chi connectivity index (χ0v) is 15.4. The molecule has 0 atom stereocenters. The highest BCUT2D eigenvalue weighted by atomic mass is 16.5. The summed E-state index contributed by atoms with van der Waals surface area (Å²) in [5.74, 6) is 0.781. The highest BCUT2D eigenvalue weighted by Gasteiger charge is 2.28. The zero-order chi connectivity index (χ0) is 18.4. The van der Waals surface area contributed by atoms with Crippen molar-refractivity contribution in [2.75, 3.05) is 0 Å². The first-order valence-corrected chi connectivity index (χ1v) is 8.49. The SMILES string of the molecule is Cc1ccc(C/C(O)=C/CC(=O)C(C)(C)Oc2ccc(C)cc2)cc1. The van der Waals surface area contributed by atoms with E-state index in [9.17, 15) is 9.90 Å². The summed E-state index contributed by atoms with van der Waals surface area (Å²) >= 11 is 0. The minimum absolute atomic E-state index is 0.0801. The monoisotopic (exact) mass is 338 g/mol. The van der Waals surface area contributed by atoms with E-state index in [-0.39, 0.29) is 18.0 Å². The van der Waals surface area contributed by atoms with Crippen LogP contribution in [0.5, 0.6) is 5.75 Å². The molecule has 3 nitrogen and oxygen atoms in total. The molecule has 0 aromatic heterocycles. The molecule has 0 aliphatic rings. The van der Waals surface area contributed by atoms with Crippen molar-refractivity contribution in [2.45, 2.75) is 46.1 Å². The van der Waals surface area contributed by atoms with Crippen LogP contribution in [0.25, 0.3) is 0 Å². The summed E-state index contributed by atoms with van der Waals surface area (Å²) in [7, 11) is 0. The second-order valence-electron chi connectivity index (χ2n) is 6.91. The molecule has 2 aromatic carbocycles. The maximum Gasteiger partial charge on any atom is 0.179 e. The number of ether oxygens (including phenoxy) is 1. The standard InChI is InChI=1S/C22H26O3/c1-16-5-9-18(10-6-16)15-19(23)11-14-21(24)22(3,4)25-20-12-7-17(2)8-13-20/h5-13,23H,14-15H2,1-4H3/b19-11-. The Balaban J connectivity index is 1.94. The van der Waals surface area contributed by atoms with Crippen LogP contribution in [-0.2, 0) is 11.2 Å². The summed E-state index contributed by atoms with van der Waals surface area (Å²) in [6, 6.07) is 15.6. The topological polar surface area (TPSA) is 46.5 Å². The maximum atomic E-state index is 12.5. The van der Waals surface area contributed by atoms with E-state index in [0.29, 0.717) is 12.2 Å². The molecule has 1 N–H and O–H groups in total. The molecule has 3 heteroatoms. The molecule has 132 valence electrons. The Morgan fingerprint density at radius 1 is 1.00 bits per heavy atom. The van der Waals surface area contributed by atoms with E-state index in [4.69, 9.17) is 4.74 Å². The fourth-order valence-corrected chi connectivity index (χ4v) is 2.40. The van der Waals surface area contributed by atoms with Gasteiger partial charge >= 0.3 is 0 Å². The zero-order valence-electron chi connectivity index (χ0n) is 15.4. The molecule has 0 fully saturated rings. The van der Waals surface area contributed by atoms with Crippen LogP contribution in [0.1, 0.15) is 37.0 Å². The van der Waals surface area contributed by atoms with Crippen LogP contribution in [0.3, 0.4) is 0 Å². The first-order valence-electron chi connectivity index (χ1n) is 8.49. The van der Waals surface area contributed by atoms with Crippen molar-refractivity contribution in [1.29, 1.82) is 0 Å². The Labute approximate surface area is 150 Å². The Hall–Kier alpha value is -2.55. The minimum Gasteiger partial charge on any atom is -0.512 e. The van der Waals surface area contributed by atoms with Crippen molar-refractivity contribution in [3.05, 3.63) is 77.1 Å². The lowest BCUT2D eigenvalue weighted by Gasteiger charge is -2.24. The molecule has 2 aromatic rings. The van der Waals surface area contributed by atoms with Crippen molar-refractivity contribution >= 4 is 5.78 Å². The number of Topliss-reactive ketones (excluding diaryl/α,β-unsaturated/α-hetero) is 1. The number of aliphatic hydroxyl groups excluding tert-OH is 1. The van der Waals surface area contributed by atoms with Crippen LogP contribution in [0.4, 0.5) is 0 Å². The quantitative estimate of drug-likeness (QED) is 0.714. The number of carbonyl (C=O) groups is 1. The third-order valence-corrected chi connectivity index (χ3v) is 4.09. The second-order valence-corrected chi connectivity index (χ2v) is 6.91. The summed E-state index contributed by atoms with van der Waals surface area (Å²) in [6.45, 7) is 7.52. The minimum atomic E-state index is -0.949. The maximum absolute atomic E-state index is 12.5. The van der Waals surface area contributed by atoms with Gasteiger partial charge in [0.05, 0.1) is 5.76 Å². The van der Waals surface area contributed by atoms with Crippen molar-refractivity contribution in [3.8, 4) is 5.75 Å². The van der Waals surface area contributed by atoms with E-state index in [0.717, 1.165) is 11.1 Å². The molecular weight excluding hydrogens is 312 g/mol. The highest BCUT2D eigenvalue weighted by molar-refractivity contribution is 5.88. The van der Waals surface area contributed by atoms with Crippen LogP contribution in [0, 0.1) is 13.8 Å². The molecule has 0 saturated heterocycles. The van der Waals surface area contributed by atoms with Gasteiger partial charge in [-0.15, -0.1) is 0 Å². The second kappa shape index (κ2) is 8.02. The molecular formula is C22H26O3. The van der Waals surface area contributed by atoms with Crippen molar-refractivity contribution in [3.63, 3.8) is 0 Å². The normalized spacial score (nSPS) is 12.1. The number of rotatable bonds is 7. The Morgan fingerprint density at radius 3 is 2.08 bits per heavy atom. The predicted octanol–water partition coefficient (Wildman–Crippen LogP) is 5.10. The van der Waals surface area contributed by atoms with Gasteiger partial charge in [0.25, 0.3) is 0 Å². The molecule has 0 heterocycles. The summed E-state index contributed by atoms with van der Waals surface area (Å²) in [4.78, 5) is 12.5. The number of hydrogen-bond donors (Lipinski definition) is 1. The Kier molecular flexibility index (Phi) is 6.02. The van der Waals surface area contributed by atoms with Gasteiger partial charge in [-0.25, -0.2) is 0 Å². The third-order valence-electron chi connectivity index (χ3n) is 4.09. The number of hydrogen-bond acceptors (Lipinski definition) is 3. The van der Waals surface area contributed by atoms with E-state index in [1.807, 2.05) is 62.4 Å². The first kappa shape index (κ1) is 18.8. The number of carbonyl (C=O) groups excluding carboxylic acids is 1. The van der Waals surface area contributed by atoms with Gasteiger partial charge in [-0.1, -0.05) is 47.5 Å². The summed E-state index contributed by atoms with van der Waals surface area (Å²) in [5, 5.41) is 10.1. The lowest BCUT2D eigenvalue weighted by molar-refractivity contribution is -0.131. The molecule has 0 bridgehead atoms. The largest absolute Gasteiger partial charge is 0.512 e. The number of allylic oxidation sites excluding steroid dienone is 2. The molecule has 0 spiro atoms. The molecule has 0 radical (unpaired) electrons. The van der Waals surface area contributed by atoms with Gasteiger partial charge in [0, 0.05) is 12.8 Å². The molecule has 0 unspecified atom stereocenters. The van der Waals surface area contributed by atoms with Gasteiger partial charge in [-0.05, 0) is 51.5 Å². The van der Waals surface area contributed by atoms with Gasteiger partial charge in [0.2, 0.25) is 0 Å². The van der Waals surface area contributed by atoms with E-state index >= 15 is 0 Å². The van der Waals surface area contributed by atoms with Crippen LogP contribution in [-0.4, -0.2) is 16.5 Å².